The number of morpholine rings is 1. The number of nitrogens with zero attached hydrogens (tertiary/aromatic N) is 2. The highest BCUT2D eigenvalue weighted by Gasteiger charge is 2.36. The Kier molecular flexibility index (Phi) is 7.49. The van der Waals surface area contributed by atoms with E-state index in [2.05, 4.69) is 5.32 Å². The van der Waals surface area contributed by atoms with Gasteiger partial charge in [0.1, 0.15) is 18.1 Å². The van der Waals surface area contributed by atoms with Crippen LogP contribution in [0.5, 0.6) is 5.75 Å². The molecule has 1 N–H and O–H groups in total. The van der Waals surface area contributed by atoms with E-state index in [-0.39, 0.29) is 4.91 Å². The van der Waals surface area contributed by atoms with Crippen molar-refractivity contribution < 1.29 is 28.2 Å². The number of hydrogen-bond acceptors (Lipinski definition) is 7. The number of anilines is 2. The predicted molar refractivity (Wildman–Crippen MR) is 128 cm³/mol. The zero-order valence-corrected chi connectivity index (χ0v) is 19.4. The number of rotatable bonds is 7. The maximum Gasteiger partial charge on any atom is 0.294 e. The molecule has 0 saturated carbocycles. The lowest BCUT2D eigenvalue weighted by atomic mass is 10.1. The first-order valence-corrected chi connectivity index (χ1v) is 11.7. The maximum atomic E-state index is 14.7. The van der Waals surface area contributed by atoms with Crippen LogP contribution in [-0.4, -0.2) is 61.4 Å². The lowest BCUT2D eigenvalue weighted by molar-refractivity contribution is -0.127. The smallest absolute Gasteiger partial charge is 0.294 e. The highest BCUT2D eigenvalue weighted by molar-refractivity contribution is 8.18. The number of nitrogens with one attached hydrogen (secondary N) is 1. The molecule has 10 heteroatoms. The summed E-state index contributed by atoms with van der Waals surface area (Å²) < 4.78 is 25.3. The average Bonchev–Trinajstić information content (AvgIpc) is 3.08. The third-order valence-electron chi connectivity index (χ3n) is 5.25. The van der Waals surface area contributed by atoms with E-state index in [1.165, 1.54) is 12.1 Å². The van der Waals surface area contributed by atoms with Crippen molar-refractivity contribution in [3.8, 4) is 5.75 Å². The monoisotopic (exact) mass is 485 g/mol. The zero-order valence-electron chi connectivity index (χ0n) is 18.6. The molecule has 34 heavy (non-hydrogen) atoms. The van der Waals surface area contributed by atoms with Gasteiger partial charge in [-0.15, -0.1) is 0 Å². The first-order chi connectivity index (χ1) is 16.4. The number of halogens is 1. The van der Waals surface area contributed by atoms with Crippen LogP contribution in [0.25, 0.3) is 6.08 Å². The lowest BCUT2D eigenvalue weighted by Crippen LogP contribution is -2.36. The number of hydrogen-bond donors (Lipinski definition) is 1. The van der Waals surface area contributed by atoms with Gasteiger partial charge in [0, 0.05) is 18.8 Å². The molecule has 8 nitrogen and oxygen atoms in total. The number of benzene rings is 2. The minimum Gasteiger partial charge on any atom is -0.494 e. The number of imide groups is 1. The van der Waals surface area contributed by atoms with Gasteiger partial charge in [-0.25, -0.2) is 4.39 Å². The van der Waals surface area contributed by atoms with Crippen molar-refractivity contribution in [3.05, 3.63) is 58.8 Å². The molecule has 4 rings (SSSR count). The third-order valence-corrected chi connectivity index (χ3v) is 6.15. The highest BCUT2D eigenvalue weighted by Crippen LogP contribution is 2.33. The summed E-state index contributed by atoms with van der Waals surface area (Å²) in [5.74, 6) is -0.835. The van der Waals surface area contributed by atoms with Gasteiger partial charge in [0.15, 0.2) is 0 Å². The van der Waals surface area contributed by atoms with Crippen LogP contribution in [-0.2, 0) is 14.3 Å². The SMILES string of the molecule is CCOc1ccc(NC(=O)CN2C(=O)S/C(=C\c3ccc(N4CCOCC4)c(F)c3)C2=O)cc1. The summed E-state index contributed by atoms with van der Waals surface area (Å²) in [5.41, 5.74) is 1.45. The summed E-state index contributed by atoms with van der Waals surface area (Å²) in [6, 6.07) is 11.5. The maximum absolute atomic E-state index is 14.7. The topological polar surface area (TPSA) is 88.2 Å². The van der Waals surface area contributed by atoms with Crippen molar-refractivity contribution in [1.82, 2.24) is 4.90 Å². The van der Waals surface area contributed by atoms with E-state index in [9.17, 15) is 18.8 Å². The van der Waals surface area contributed by atoms with Gasteiger partial charge < -0.3 is 19.7 Å². The van der Waals surface area contributed by atoms with Crippen molar-refractivity contribution in [2.45, 2.75) is 6.92 Å². The van der Waals surface area contributed by atoms with Crippen LogP contribution in [0.1, 0.15) is 12.5 Å². The molecule has 2 aromatic carbocycles. The second-order valence-electron chi connectivity index (χ2n) is 7.58. The minimum atomic E-state index is -0.588. The number of thioether (sulfide) groups is 1. The Balaban J connectivity index is 1.39. The van der Waals surface area contributed by atoms with E-state index in [4.69, 9.17) is 9.47 Å². The highest BCUT2D eigenvalue weighted by atomic mass is 32.2. The molecule has 0 radical (unpaired) electrons. The van der Waals surface area contributed by atoms with Gasteiger partial charge in [0.05, 0.1) is 30.4 Å². The Morgan fingerprint density at radius 1 is 1.18 bits per heavy atom. The zero-order chi connectivity index (χ0) is 24.1. The first kappa shape index (κ1) is 23.8. The second-order valence-corrected chi connectivity index (χ2v) is 8.58. The number of amides is 3. The Labute approximate surface area is 200 Å². The Morgan fingerprint density at radius 2 is 1.91 bits per heavy atom. The van der Waals surface area contributed by atoms with Crippen molar-refractivity contribution in [2.75, 3.05) is 49.7 Å². The number of carbonyl (C=O) groups is 3. The minimum absolute atomic E-state index is 0.136. The van der Waals surface area contributed by atoms with Crippen LogP contribution in [0.2, 0.25) is 0 Å². The molecule has 2 saturated heterocycles. The molecule has 2 aromatic rings. The van der Waals surface area contributed by atoms with Crippen molar-refractivity contribution >= 4 is 46.3 Å². The van der Waals surface area contributed by atoms with E-state index in [1.807, 2.05) is 11.8 Å². The Hall–Kier alpha value is -3.37. The van der Waals surface area contributed by atoms with Crippen LogP contribution >= 0.6 is 11.8 Å². The molecular formula is C24H24FN3O5S. The van der Waals surface area contributed by atoms with E-state index < -0.39 is 29.4 Å². The van der Waals surface area contributed by atoms with Crippen molar-refractivity contribution in [3.63, 3.8) is 0 Å². The molecule has 3 amide bonds. The van der Waals surface area contributed by atoms with Gasteiger partial charge in [-0.2, -0.15) is 0 Å². The normalized spacial score (nSPS) is 17.4. The van der Waals surface area contributed by atoms with E-state index in [0.717, 1.165) is 16.7 Å². The molecule has 0 unspecified atom stereocenters. The van der Waals surface area contributed by atoms with Crippen LogP contribution in [0.3, 0.4) is 0 Å². The average molecular weight is 486 g/mol. The van der Waals surface area contributed by atoms with Crippen LogP contribution < -0.4 is 15.0 Å². The largest absolute Gasteiger partial charge is 0.494 e. The molecule has 0 atom stereocenters. The van der Waals surface area contributed by atoms with Crippen molar-refractivity contribution in [2.24, 2.45) is 0 Å². The summed E-state index contributed by atoms with van der Waals surface area (Å²) >= 11 is 0.723. The summed E-state index contributed by atoms with van der Waals surface area (Å²) in [4.78, 5) is 40.4. The molecule has 2 aliphatic heterocycles. The predicted octanol–water partition coefficient (Wildman–Crippen LogP) is 3.74. The summed E-state index contributed by atoms with van der Waals surface area (Å²) in [5, 5.41) is 2.10. The Morgan fingerprint density at radius 3 is 2.59 bits per heavy atom. The molecule has 2 aliphatic rings. The summed E-state index contributed by atoms with van der Waals surface area (Å²) in [7, 11) is 0. The van der Waals surface area contributed by atoms with E-state index in [1.54, 1.807) is 36.4 Å². The second kappa shape index (κ2) is 10.7. The van der Waals surface area contributed by atoms with Crippen LogP contribution in [0, 0.1) is 5.82 Å². The molecule has 0 spiro atoms. The van der Waals surface area contributed by atoms with Gasteiger partial charge in [0.2, 0.25) is 5.91 Å². The standard InChI is InChI=1S/C24H24FN3O5S/c1-2-33-18-6-4-17(5-7-18)26-22(29)15-28-23(30)21(34-24(28)31)14-16-3-8-20(19(25)13-16)27-9-11-32-12-10-27/h3-8,13-14H,2,9-12,15H2,1H3,(H,26,29)/b21-14-. The molecule has 0 bridgehead atoms. The fourth-order valence-corrected chi connectivity index (χ4v) is 4.44. The molecule has 0 aromatic heterocycles. The van der Waals surface area contributed by atoms with Gasteiger partial charge in [-0.05, 0) is 66.7 Å². The van der Waals surface area contributed by atoms with E-state index in [0.29, 0.717) is 55.6 Å². The summed E-state index contributed by atoms with van der Waals surface area (Å²) in [6.45, 7) is 4.28. The van der Waals surface area contributed by atoms with E-state index >= 15 is 0 Å². The molecule has 2 fully saturated rings. The fraction of sp³-hybridized carbons (Fsp3) is 0.292. The number of carbonyl (C=O) groups excluding carboxylic acids is 3. The van der Waals surface area contributed by atoms with Crippen LogP contribution in [0.15, 0.2) is 47.4 Å². The molecule has 178 valence electrons. The summed E-state index contributed by atoms with van der Waals surface area (Å²) in [6.07, 6.45) is 1.46. The van der Waals surface area contributed by atoms with Gasteiger partial charge in [-0.1, -0.05) is 6.07 Å². The Bertz CT molecular complexity index is 1120. The number of ether oxygens (including phenoxy) is 2. The van der Waals surface area contributed by atoms with Gasteiger partial charge in [0.25, 0.3) is 11.1 Å². The quantitative estimate of drug-likeness (QED) is 0.598. The third kappa shape index (κ3) is 5.57. The molecular weight excluding hydrogens is 461 g/mol. The first-order valence-electron chi connectivity index (χ1n) is 10.8. The molecule has 0 aliphatic carbocycles. The lowest BCUT2D eigenvalue weighted by Gasteiger charge is -2.29. The fourth-order valence-electron chi connectivity index (χ4n) is 3.61. The molecule has 2 heterocycles. The van der Waals surface area contributed by atoms with Crippen molar-refractivity contribution in [1.29, 1.82) is 0 Å². The van der Waals surface area contributed by atoms with Gasteiger partial charge in [-0.3, -0.25) is 19.3 Å². The van der Waals surface area contributed by atoms with Crippen LogP contribution in [0.4, 0.5) is 20.6 Å². The van der Waals surface area contributed by atoms with Gasteiger partial charge >= 0.3 is 0 Å².